The van der Waals surface area contributed by atoms with E-state index in [4.69, 9.17) is 4.74 Å². The van der Waals surface area contributed by atoms with Gasteiger partial charge in [0.05, 0.1) is 25.7 Å². The molecule has 3 saturated heterocycles. The number of ether oxygens (including phenoxy) is 1. The summed E-state index contributed by atoms with van der Waals surface area (Å²) in [6.45, 7) is 7.27. The molecule has 0 radical (unpaired) electrons. The van der Waals surface area contributed by atoms with Crippen molar-refractivity contribution in [1.29, 1.82) is 0 Å². The highest BCUT2D eigenvalue weighted by Gasteiger charge is 2.34. The number of nitrogens with zero attached hydrogens (tertiary/aromatic N) is 3. The summed E-state index contributed by atoms with van der Waals surface area (Å²) in [7, 11) is 1.69. The molecule has 0 saturated carbocycles. The first-order valence-electron chi connectivity index (χ1n) is 9.71. The summed E-state index contributed by atoms with van der Waals surface area (Å²) in [5.41, 5.74) is 0. The molecule has 7 heteroatoms. The van der Waals surface area contributed by atoms with E-state index in [0.717, 1.165) is 65.0 Å². The Morgan fingerprint density at radius 2 is 1.76 bits per heavy atom. The largest absolute Gasteiger partial charge is 0.378 e. The number of carbonyl (C=O) groups excluding carboxylic acids is 2. The van der Waals surface area contributed by atoms with Gasteiger partial charge < -0.3 is 15.0 Å². The quantitative estimate of drug-likeness (QED) is 0.757. The van der Waals surface area contributed by atoms with Gasteiger partial charge in [-0.1, -0.05) is 0 Å². The zero-order valence-electron chi connectivity index (χ0n) is 15.4. The van der Waals surface area contributed by atoms with Crippen LogP contribution in [0.5, 0.6) is 0 Å². The Kier molecular flexibility index (Phi) is 6.67. The van der Waals surface area contributed by atoms with E-state index in [1.807, 2.05) is 4.90 Å². The highest BCUT2D eigenvalue weighted by Crippen LogP contribution is 2.25. The Hall–Kier alpha value is -1.18. The highest BCUT2D eigenvalue weighted by molar-refractivity contribution is 5.79. The molecule has 3 rings (SSSR count). The van der Waals surface area contributed by atoms with Crippen molar-refractivity contribution in [1.82, 2.24) is 20.0 Å². The van der Waals surface area contributed by atoms with Gasteiger partial charge in [0, 0.05) is 45.8 Å². The molecule has 0 aromatic heterocycles. The molecule has 1 atom stereocenters. The number of nitrogens with one attached hydrogen (secondary N) is 1. The molecule has 3 aliphatic heterocycles. The van der Waals surface area contributed by atoms with E-state index in [0.29, 0.717) is 31.7 Å². The van der Waals surface area contributed by atoms with Gasteiger partial charge in [0.15, 0.2) is 0 Å². The minimum atomic E-state index is 0.0904. The number of amides is 2. The molecule has 0 unspecified atom stereocenters. The van der Waals surface area contributed by atoms with Crippen molar-refractivity contribution in [2.24, 2.45) is 5.92 Å². The second-order valence-corrected chi connectivity index (χ2v) is 7.45. The van der Waals surface area contributed by atoms with Crippen molar-refractivity contribution in [3.05, 3.63) is 0 Å². The van der Waals surface area contributed by atoms with Gasteiger partial charge in [0.25, 0.3) is 0 Å². The van der Waals surface area contributed by atoms with Crippen molar-refractivity contribution in [2.45, 2.75) is 31.7 Å². The van der Waals surface area contributed by atoms with E-state index in [9.17, 15) is 9.59 Å². The molecule has 0 aromatic carbocycles. The maximum atomic E-state index is 12.8. The molecule has 1 N–H and O–H groups in total. The van der Waals surface area contributed by atoms with Gasteiger partial charge in [-0.05, 0) is 32.2 Å². The topological polar surface area (TPSA) is 65.1 Å². The summed E-state index contributed by atoms with van der Waals surface area (Å²) in [6, 6.07) is 0.557. The number of likely N-dealkylation sites (tertiary alicyclic amines) is 2. The number of hydrogen-bond donors (Lipinski definition) is 1. The van der Waals surface area contributed by atoms with Crippen LogP contribution in [-0.4, -0.2) is 98.6 Å². The van der Waals surface area contributed by atoms with Crippen LogP contribution in [0.1, 0.15) is 25.7 Å². The second kappa shape index (κ2) is 8.96. The molecular weight excluding hydrogens is 320 g/mol. The first kappa shape index (κ1) is 18.6. The van der Waals surface area contributed by atoms with E-state index < -0.39 is 0 Å². The van der Waals surface area contributed by atoms with Gasteiger partial charge >= 0.3 is 0 Å². The fourth-order valence-corrected chi connectivity index (χ4v) is 4.31. The smallest absolute Gasteiger partial charge is 0.233 e. The van der Waals surface area contributed by atoms with Crippen LogP contribution in [0.4, 0.5) is 0 Å². The first-order chi connectivity index (χ1) is 12.2. The predicted molar refractivity (Wildman–Crippen MR) is 95.2 cm³/mol. The first-order valence-corrected chi connectivity index (χ1v) is 9.71. The third kappa shape index (κ3) is 4.92. The van der Waals surface area contributed by atoms with Crippen LogP contribution < -0.4 is 5.32 Å². The molecular formula is C18H32N4O3. The van der Waals surface area contributed by atoms with Crippen LogP contribution in [0.2, 0.25) is 0 Å². The molecule has 3 heterocycles. The fraction of sp³-hybridized carbons (Fsp3) is 0.889. The molecule has 0 spiro atoms. The lowest BCUT2D eigenvalue weighted by Crippen LogP contribution is -2.53. The molecule has 25 heavy (non-hydrogen) atoms. The maximum Gasteiger partial charge on any atom is 0.233 e. The summed E-state index contributed by atoms with van der Waals surface area (Å²) in [4.78, 5) is 31.0. The number of morpholine rings is 1. The summed E-state index contributed by atoms with van der Waals surface area (Å²) >= 11 is 0. The normalized spacial score (nSPS) is 27.2. The zero-order chi connectivity index (χ0) is 17.6. The summed E-state index contributed by atoms with van der Waals surface area (Å²) in [5, 5.41) is 2.69. The number of piperidine rings is 2. The van der Waals surface area contributed by atoms with E-state index in [1.54, 1.807) is 7.05 Å². The Balaban J connectivity index is 1.47. The SMILES string of the molecule is CNC(=O)CN1CCC(N2CCC[C@H](C(=O)N3CCOCC3)C2)CC1. The lowest BCUT2D eigenvalue weighted by molar-refractivity contribution is -0.142. The average molecular weight is 352 g/mol. The van der Waals surface area contributed by atoms with Crippen molar-refractivity contribution < 1.29 is 14.3 Å². The van der Waals surface area contributed by atoms with Crippen LogP contribution in [0.25, 0.3) is 0 Å². The highest BCUT2D eigenvalue weighted by atomic mass is 16.5. The number of carbonyl (C=O) groups is 2. The maximum absolute atomic E-state index is 12.8. The predicted octanol–water partition coefficient (Wildman–Crippen LogP) is -0.232. The van der Waals surface area contributed by atoms with Crippen molar-refractivity contribution >= 4 is 11.8 Å². The van der Waals surface area contributed by atoms with E-state index in [2.05, 4.69) is 15.1 Å². The van der Waals surface area contributed by atoms with Crippen LogP contribution in [0.15, 0.2) is 0 Å². The standard InChI is InChI=1S/C18H32N4O3/c1-19-17(23)14-20-7-4-16(5-8-20)22-6-2-3-15(13-22)18(24)21-9-11-25-12-10-21/h15-16H,2-14H2,1H3,(H,19,23)/t15-/m0/s1. The van der Waals surface area contributed by atoms with Gasteiger partial charge in [-0.2, -0.15) is 0 Å². The third-order valence-corrected chi connectivity index (χ3v) is 5.84. The molecule has 7 nitrogen and oxygen atoms in total. The Morgan fingerprint density at radius 1 is 1.04 bits per heavy atom. The van der Waals surface area contributed by atoms with E-state index >= 15 is 0 Å². The molecule has 3 aliphatic rings. The van der Waals surface area contributed by atoms with Gasteiger partial charge in [0.1, 0.15) is 0 Å². The monoisotopic (exact) mass is 352 g/mol. The Morgan fingerprint density at radius 3 is 2.44 bits per heavy atom. The van der Waals surface area contributed by atoms with Crippen LogP contribution in [-0.2, 0) is 14.3 Å². The van der Waals surface area contributed by atoms with Crippen molar-refractivity contribution in [2.75, 3.05) is 66.1 Å². The molecule has 0 aromatic rings. The average Bonchev–Trinajstić information content (AvgIpc) is 2.68. The second-order valence-electron chi connectivity index (χ2n) is 7.45. The van der Waals surface area contributed by atoms with Crippen LogP contribution >= 0.6 is 0 Å². The van der Waals surface area contributed by atoms with Gasteiger partial charge in [-0.15, -0.1) is 0 Å². The van der Waals surface area contributed by atoms with Gasteiger partial charge in [-0.25, -0.2) is 0 Å². The lowest BCUT2D eigenvalue weighted by atomic mass is 9.92. The molecule has 0 bridgehead atoms. The molecule has 3 fully saturated rings. The number of rotatable bonds is 4. The molecule has 0 aliphatic carbocycles. The Bertz CT molecular complexity index is 459. The van der Waals surface area contributed by atoms with Gasteiger partial charge in [0.2, 0.25) is 11.8 Å². The van der Waals surface area contributed by atoms with E-state index in [-0.39, 0.29) is 11.8 Å². The lowest BCUT2D eigenvalue weighted by Gasteiger charge is -2.42. The minimum absolute atomic E-state index is 0.0904. The third-order valence-electron chi connectivity index (χ3n) is 5.84. The fourth-order valence-electron chi connectivity index (χ4n) is 4.31. The van der Waals surface area contributed by atoms with Crippen molar-refractivity contribution in [3.63, 3.8) is 0 Å². The molecule has 142 valence electrons. The van der Waals surface area contributed by atoms with Crippen LogP contribution in [0.3, 0.4) is 0 Å². The van der Waals surface area contributed by atoms with E-state index in [1.165, 1.54) is 0 Å². The Labute approximate surface area is 150 Å². The summed E-state index contributed by atoms with van der Waals surface area (Å²) < 4.78 is 5.36. The minimum Gasteiger partial charge on any atom is -0.378 e. The summed E-state index contributed by atoms with van der Waals surface area (Å²) in [5.74, 6) is 0.563. The number of likely N-dealkylation sites (N-methyl/N-ethyl adjacent to an activating group) is 1. The summed E-state index contributed by atoms with van der Waals surface area (Å²) in [6.07, 6.45) is 4.31. The van der Waals surface area contributed by atoms with Crippen molar-refractivity contribution in [3.8, 4) is 0 Å². The molecule has 2 amide bonds. The zero-order valence-corrected chi connectivity index (χ0v) is 15.4. The van der Waals surface area contributed by atoms with Gasteiger partial charge in [-0.3, -0.25) is 19.4 Å². The number of hydrogen-bond acceptors (Lipinski definition) is 5. The van der Waals surface area contributed by atoms with Crippen LogP contribution in [0, 0.1) is 5.92 Å².